The molecule has 0 saturated heterocycles. The second-order valence-corrected chi connectivity index (χ2v) is 4.93. The summed E-state index contributed by atoms with van der Waals surface area (Å²) in [5, 5.41) is 0. The van der Waals surface area contributed by atoms with Gasteiger partial charge in [0.2, 0.25) is 0 Å². The van der Waals surface area contributed by atoms with E-state index in [1.807, 2.05) is 36.4 Å². The van der Waals surface area contributed by atoms with Crippen molar-refractivity contribution in [1.82, 2.24) is 0 Å². The molecule has 2 nitrogen and oxygen atoms in total. The quantitative estimate of drug-likeness (QED) is 0.627. The Labute approximate surface area is 116 Å². The van der Waals surface area contributed by atoms with Crippen LogP contribution in [0.2, 0.25) is 0 Å². The van der Waals surface area contributed by atoms with Crippen molar-refractivity contribution in [1.29, 1.82) is 0 Å². The van der Waals surface area contributed by atoms with E-state index >= 15 is 0 Å². The largest absolute Gasteiger partial charge is 0.290 e. The van der Waals surface area contributed by atoms with Gasteiger partial charge in [0.15, 0.2) is 11.6 Å². The Balaban J connectivity index is 1.93. The lowest BCUT2D eigenvalue weighted by Gasteiger charge is -2.27. The molecule has 0 radical (unpaired) electrons. The van der Waals surface area contributed by atoms with E-state index in [1.54, 1.807) is 0 Å². The molecule has 0 saturated carbocycles. The second kappa shape index (κ2) is 3.87. The number of ketones is 2. The minimum atomic E-state index is -0.134. The molecule has 0 unspecified atom stereocenters. The van der Waals surface area contributed by atoms with Crippen LogP contribution < -0.4 is 0 Å². The highest BCUT2D eigenvalue weighted by Crippen LogP contribution is 2.50. The molecule has 0 fully saturated rings. The number of allylic oxidation sites excluding steroid dienone is 4. The topological polar surface area (TPSA) is 34.1 Å². The van der Waals surface area contributed by atoms with Gasteiger partial charge in [-0.2, -0.15) is 0 Å². The van der Waals surface area contributed by atoms with Crippen molar-refractivity contribution in [3.63, 3.8) is 0 Å². The predicted octanol–water partition coefficient (Wildman–Crippen LogP) is 3.43. The van der Waals surface area contributed by atoms with Crippen molar-refractivity contribution in [2.75, 3.05) is 0 Å². The van der Waals surface area contributed by atoms with Crippen molar-refractivity contribution in [3.05, 3.63) is 66.3 Å². The van der Waals surface area contributed by atoms with Gasteiger partial charge in [0, 0.05) is 5.57 Å². The number of hydrogen-bond donors (Lipinski definition) is 0. The van der Waals surface area contributed by atoms with Gasteiger partial charge >= 0.3 is 0 Å². The molecule has 0 heterocycles. The Kier molecular flexibility index (Phi) is 2.15. The van der Waals surface area contributed by atoms with Crippen molar-refractivity contribution in [2.24, 2.45) is 0 Å². The highest BCUT2D eigenvalue weighted by Gasteiger charge is 2.27. The van der Waals surface area contributed by atoms with Gasteiger partial charge in [-0.05, 0) is 46.0 Å². The molecule has 2 aromatic carbocycles. The zero-order chi connectivity index (χ0) is 13.7. The Bertz CT molecular complexity index is 838. The third kappa shape index (κ3) is 1.39. The van der Waals surface area contributed by atoms with Crippen LogP contribution in [0.4, 0.5) is 0 Å². The minimum absolute atomic E-state index is 0.109. The molecule has 0 N–H and O–H groups in total. The first-order valence-corrected chi connectivity index (χ1v) is 6.47. The monoisotopic (exact) mass is 258 g/mol. The summed E-state index contributed by atoms with van der Waals surface area (Å²) >= 11 is 0. The number of carbonyl (C=O) groups is 2. The molecule has 2 aliphatic carbocycles. The molecular weight excluding hydrogens is 248 g/mol. The van der Waals surface area contributed by atoms with E-state index in [2.05, 4.69) is 6.07 Å². The average molecular weight is 258 g/mol. The summed E-state index contributed by atoms with van der Waals surface area (Å²) in [6.07, 6.45) is 4.09. The third-order valence-electron chi connectivity index (χ3n) is 3.79. The van der Waals surface area contributed by atoms with Crippen LogP contribution in [0, 0.1) is 0 Å². The fourth-order valence-corrected chi connectivity index (χ4v) is 2.88. The van der Waals surface area contributed by atoms with Crippen molar-refractivity contribution >= 4 is 17.1 Å². The van der Waals surface area contributed by atoms with Gasteiger partial charge in [0.25, 0.3) is 0 Å². The maximum atomic E-state index is 12.0. The molecule has 2 aliphatic rings. The zero-order valence-electron chi connectivity index (χ0n) is 10.6. The van der Waals surface area contributed by atoms with E-state index in [4.69, 9.17) is 0 Å². The summed E-state index contributed by atoms with van der Waals surface area (Å²) in [7, 11) is 0. The van der Waals surface area contributed by atoms with Crippen LogP contribution in [-0.4, -0.2) is 11.6 Å². The molecule has 20 heavy (non-hydrogen) atoms. The van der Waals surface area contributed by atoms with E-state index in [1.165, 1.54) is 23.8 Å². The number of fused-ring (bicyclic) bond motifs is 4. The highest BCUT2D eigenvalue weighted by atomic mass is 16.1. The first-order valence-electron chi connectivity index (χ1n) is 6.47. The highest BCUT2D eigenvalue weighted by molar-refractivity contribution is 6.35. The molecule has 0 aromatic heterocycles. The van der Waals surface area contributed by atoms with Gasteiger partial charge in [-0.3, -0.25) is 9.59 Å². The molecule has 2 heteroatoms. The number of rotatable bonds is 1. The lowest BCUT2D eigenvalue weighted by Crippen LogP contribution is -2.10. The predicted molar refractivity (Wildman–Crippen MR) is 78.0 cm³/mol. The standard InChI is InChI=1S/C18H10O2/c19-11-8-9-17(20)16(10-11)15-7-3-6-14-12-4-1-2-5-13(12)18(14)15/h1-10H. The summed E-state index contributed by atoms with van der Waals surface area (Å²) in [6.45, 7) is 0. The normalized spacial score (nSPS) is 15.3. The van der Waals surface area contributed by atoms with E-state index < -0.39 is 0 Å². The Morgan fingerprint density at radius 3 is 2.20 bits per heavy atom. The lowest BCUT2D eigenvalue weighted by molar-refractivity contribution is -0.113. The summed E-state index contributed by atoms with van der Waals surface area (Å²) in [5.41, 5.74) is 5.91. The number of hydrogen-bond acceptors (Lipinski definition) is 2. The van der Waals surface area contributed by atoms with E-state index in [9.17, 15) is 9.59 Å². The maximum absolute atomic E-state index is 12.0. The molecule has 4 rings (SSSR count). The SMILES string of the molecule is O=C1C=CC(=O)C(c2cccc3c2-c2ccccc2-3)=C1. The van der Waals surface area contributed by atoms with Crippen LogP contribution in [0.5, 0.6) is 0 Å². The molecule has 0 spiro atoms. The van der Waals surface area contributed by atoms with Gasteiger partial charge in [-0.25, -0.2) is 0 Å². The average Bonchev–Trinajstić information content (AvgIpc) is 2.46. The molecular formula is C18H10O2. The van der Waals surface area contributed by atoms with Gasteiger partial charge in [-0.15, -0.1) is 0 Å². The van der Waals surface area contributed by atoms with Crippen LogP contribution in [0.15, 0.2) is 60.7 Å². The fourth-order valence-electron chi connectivity index (χ4n) is 2.88. The van der Waals surface area contributed by atoms with Crippen LogP contribution in [0.25, 0.3) is 27.8 Å². The van der Waals surface area contributed by atoms with Crippen LogP contribution in [0.3, 0.4) is 0 Å². The van der Waals surface area contributed by atoms with Crippen LogP contribution in [-0.2, 0) is 9.59 Å². The first kappa shape index (κ1) is 11.1. The first-order chi connectivity index (χ1) is 9.75. The van der Waals surface area contributed by atoms with Crippen LogP contribution in [0.1, 0.15) is 5.56 Å². The van der Waals surface area contributed by atoms with Crippen molar-refractivity contribution in [3.8, 4) is 22.3 Å². The Hall–Kier alpha value is -2.74. The smallest absolute Gasteiger partial charge is 0.186 e. The van der Waals surface area contributed by atoms with Gasteiger partial charge in [0.1, 0.15) is 0 Å². The molecule has 0 atom stereocenters. The van der Waals surface area contributed by atoms with E-state index in [-0.39, 0.29) is 11.6 Å². The molecule has 2 aromatic rings. The summed E-state index contributed by atoms with van der Waals surface area (Å²) in [5.74, 6) is -0.243. The van der Waals surface area contributed by atoms with Gasteiger partial charge < -0.3 is 0 Å². The maximum Gasteiger partial charge on any atom is 0.186 e. The number of carbonyl (C=O) groups excluding carboxylic acids is 2. The molecule has 0 bridgehead atoms. The zero-order valence-corrected chi connectivity index (χ0v) is 10.6. The van der Waals surface area contributed by atoms with Crippen molar-refractivity contribution < 1.29 is 9.59 Å². The summed E-state index contributed by atoms with van der Waals surface area (Å²) in [4.78, 5) is 23.6. The van der Waals surface area contributed by atoms with Crippen molar-refractivity contribution in [2.45, 2.75) is 0 Å². The second-order valence-electron chi connectivity index (χ2n) is 4.93. The fraction of sp³-hybridized carbons (Fsp3) is 0. The summed E-state index contributed by atoms with van der Waals surface area (Å²) in [6, 6.07) is 14.0. The Morgan fingerprint density at radius 2 is 1.35 bits per heavy atom. The molecule has 94 valence electrons. The van der Waals surface area contributed by atoms with E-state index in [0.717, 1.165) is 22.3 Å². The number of benzene rings is 2. The Morgan fingerprint density at radius 1 is 0.650 bits per heavy atom. The molecule has 0 aliphatic heterocycles. The van der Waals surface area contributed by atoms with Gasteiger partial charge in [-0.1, -0.05) is 42.5 Å². The molecule has 0 amide bonds. The lowest BCUT2D eigenvalue weighted by atomic mass is 9.75. The van der Waals surface area contributed by atoms with Gasteiger partial charge in [0.05, 0.1) is 0 Å². The minimum Gasteiger partial charge on any atom is -0.290 e. The third-order valence-corrected chi connectivity index (χ3v) is 3.79. The van der Waals surface area contributed by atoms with Crippen LogP contribution >= 0.6 is 0 Å². The van der Waals surface area contributed by atoms with E-state index in [0.29, 0.717) is 5.57 Å². The summed E-state index contributed by atoms with van der Waals surface area (Å²) < 4.78 is 0.